The molecule has 0 radical (unpaired) electrons. The standard InChI is InChI=1S/C17H12BrClN4O5S/c18-13-7-11(23(25)26)3-6-14(13)20-15(24)9-29-17-22-21-16(28-17)8-27-12-4-1-10(19)2-5-12/h1-7H,8-9H2,(H,20,24). The third kappa shape index (κ3) is 6.17. The average molecular weight is 500 g/mol. The molecule has 2 aromatic carbocycles. The van der Waals surface area contributed by atoms with Crippen LogP contribution in [0.25, 0.3) is 0 Å². The first-order chi connectivity index (χ1) is 13.9. The zero-order valence-electron chi connectivity index (χ0n) is 14.5. The number of anilines is 1. The molecule has 3 aromatic rings. The van der Waals surface area contributed by atoms with Crippen molar-refractivity contribution in [3.8, 4) is 5.75 Å². The molecule has 1 N–H and O–H groups in total. The van der Waals surface area contributed by atoms with Gasteiger partial charge in [0, 0.05) is 21.6 Å². The lowest BCUT2D eigenvalue weighted by Gasteiger charge is -2.06. The molecular weight excluding hydrogens is 488 g/mol. The van der Waals surface area contributed by atoms with Gasteiger partial charge in [-0.05, 0) is 46.3 Å². The van der Waals surface area contributed by atoms with E-state index >= 15 is 0 Å². The summed E-state index contributed by atoms with van der Waals surface area (Å²) in [5.74, 6) is 0.556. The predicted octanol–water partition coefficient (Wildman–Crippen LogP) is 4.70. The minimum atomic E-state index is -0.518. The third-order valence-corrected chi connectivity index (χ3v) is 5.12. The summed E-state index contributed by atoms with van der Waals surface area (Å²) in [6.45, 7) is 0.0805. The van der Waals surface area contributed by atoms with Crippen LogP contribution in [-0.4, -0.2) is 26.8 Å². The number of non-ortho nitro benzene ring substituents is 1. The molecule has 0 aliphatic heterocycles. The molecule has 150 valence electrons. The van der Waals surface area contributed by atoms with Crippen LogP contribution in [-0.2, 0) is 11.4 Å². The lowest BCUT2D eigenvalue weighted by atomic mass is 10.3. The number of hydrogen-bond acceptors (Lipinski definition) is 8. The summed E-state index contributed by atoms with van der Waals surface area (Å²) in [6.07, 6.45) is 0. The van der Waals surface area contributed by atoms with E-state index in [4.69, 9.17) is 20.8 Å². The van der Waals surface area contributed by atoms with Crippen molar-refractivity contribution in [3.05, 3.63) is 68.0 Å². The molecule has 0 saturated carbocycles. The summed E-state index contributed by atoms with van der Waals surface area (Å²) in [5.41, 5.74) is 0.340. The maximum absolute atomic E-state index is 12.1. The van der Waals surface area contributed by atoms with Crippen LogP contribution in [0.3, 0.4) is 0 Å². The number of nitro groups is 1. The normalized spacial score (nSPS) is 10.6. The van der Waals surface area contributed by atoms with Gasteiger partial charge in [0.05, 0.1) is 16.4 Å². The molecule has 1 amide bonds. The SMILES string of the molecule is O=C(CSc1nnc(COc2ccc(Cl)cc2)o1)Nc1ccc([N+](=O)[O-])cc1Br. The van der Waals surface area contributed by atoms with E-state index in [0.29, 0.717) is 20.9 Å². The first-order valence-corrected chi connectivity index (χ1v) is 10.1. The molecule has 12 heteroatoms. The second-order valence-corrected chi connectivity index (χ2v) is 7.68. The first-order valence-electron chi connectivity index (χ1n) is 7.98. The van der Waals surface area contributed by atoms with Gasteiger partial charge in [0.15, 0.2) is 6.61 Å². The highest BCUT2D eigenvalue weighted by Crippen LogP contribution is 2.27. The highest BCUT2D eigenvalue weighted by atomic mass is 79.9. The van der Waals surface area contributed by atoms with Gasteiger partial charge in [0.25, 0.3) is 16.8 Å². The van der Waals surface area contributed by atoms with Crippen LogP contribution in [0.2, 0.25) is 5.02 Å². The van der Waals surface area contributed by atoms with Crippen molar-refractivity contribution in [1.29, 1.82) is 0 Å². The van der Waals surface area contributed by atoms with Gasteiger partial charge in [-0.2, -0.15) is 0 Å². The van der Waals surface area contributed by atoms with Gasteiger partial charge in [-0.3, -0.25) is 14.9 Å². The summed E-state index contributed by atoms with van der Waals surface area (Å²) < 4.78 is 11.3. The van der Waals surface area contributed by atoms with E-state index in [1.807, 2.05) is 0 Å². The number of hydrogen-bond donors (Lipinski definition) is 1. The smallest absolute Gasteiger partial charge is 0.277 e. The van der Waals surface area contributed by atoms with Gasteiger partial charge in [-0.15, -0.1) is 10.2 Å². The Hall–Kier alpha value is -2.63. The molecule has 0 aliphatic rings. The second kappa shape index (κ2) is 9.72. The van der Waals surface area contributed by atoms with Crippen molar-refractivity contribution >= 4 is 56.6 Å². The molecule has 0 spiro atoms. The van der Waals surface area contributed by atoms with Gasteiger partial charge >= 0.3 is 0 Å². The lowest BCUT2D eigenvalue weighted by Crippen LogP contribution is -2.14. The highest BCUT2D eigenvalue weighted by Gasteiger charge is 2.13. The molecule has 0 saturated heterocycles. The van der Waals surface area contributed by atoms with Gasteiger partial charge in [-0.1, -0.05) is 23.4 Å². The second-order valence-electron chi connectivity index (χ2n) is 5.46. The van der Waals surface area contributed by atoms with Crippen molar-refractivity contribution < 1.29 is 18.9 Å². The van der Waals surface area contributed by atoms with Gasteiger partial charge in [0.1, 0.15) is 5.75 Å². The Balaban J connectivity index is 1.48. The Morgan fingerprint density at radius 2 is 2.03 bits per heavy atom. The largest absolute Gasteiger partial charge is 0.484 e. The van der Waals surface area contributed by atoms with E-state index in [2.05, 4.69) is 31.4 Å². The number of aromatic nitrogens is 2. The summed E-state index contributed by atoms with van der Waals surface area (Å²) in [5, 5.41) is 21.9. The highest BCUT2D eigenvalue weighted by molar-refractivity contribution is 9.10. The Kier molecular flexibility index (Phi) is 7.07. The number of carbonyl (C=O) groups excluding carboxylic acids is 1. The first kappa shape index (κ1) is 21.1. The number of thioether (sulfide) groups is 1. The van der Waals surface area contributed by atoms with Crippen LogP contribution in [0.1, 0.15) is 5.89 Å². The Labute approximate surface area is 182 Å². The number of nitrogens with zero attached hydrogens (tertiary/aromatic N) is 3. The van der Waals surface area contributed by atoms with E-state index < -0.39 is 4.92 Å². The molecule has 29 heavy (non-hydrogen) atoms. The summed E-state index contributed by atoms with van der Waals surface area (Å²) in [6, 6.07) is 10.9. The molecule has 0 unspecified atom stereocenters. The molecule has 0 fully saturated rings. The van der Waals surface area contributed by atoms with E-state index in [1.165, 1.54) is 18.2 Å². The van der Waals surface area contributed by atoms with Crippen LogP contribution in [0.5, 0.6) is 5.75 Å². The minimum Gasteiger partial charge on any atom is -0.484 e. The quantitative estimate of drug-likeness (QED) is 0.269. The molecule has 0 atom stereocenters. The fraction of sp³-hybridized carbons (Fsp3) is 0.118. The molecule has 3 rings (SSSR count). The van der Waals surface area contributed by atoms with Gasteiger partial charge in [-0.25, -0.2) is 0 Å². The Morgan fingerprint density at radius 1 is 1.28 bits per heavy atom. The average Bonchev–Trinajstić information content (AvgIpc) is 3.15. The van der Waals surface area contributed by atoms with Gasteiger partial charge in [0.2, 0.25) is 5.91 Å². The Bertz CT molecular complexity index is 1030. The maximum Gasteiger partial charge on any atom is 0.277 e. The van der Waals surface area contributed by atoms with E-state index in [0.717, 1.165) is 11.8 Å². The molecule has 1 aromatic heterocycles. The lowest BCUT2D eigenvalue weighted by molar-refractivity contribution is -0.384. The molecule has 0 bridgehead atoms. The maximum atomic E-state index is 12.1. The number of nitro benzene ring substituents is 1. The third-order valence-electron chi connectivity index (χ3n) is 3.39. The van der Waals surface area contributed by atoms with Crippen LogP contribution < -0.4 is 10.1 Å². The minimum absolute atomic E-state index is 0.0170. The number of halogens is 2. The number of amides is 1. The number of carbonyl (C=O) groups is 1. The zero-order chi connectivity index (χ0) is 20.8. The number of benzene rings is 2. The van der Waals surface area contributed by atoms with Crippen molar-refractivity contribution in [1.82, 2.24) is 10.2 Å². The molecule has 1 heterocycles. The summed E-state index contributed by atoms with van der Waals surface area (Å²) in [7, 11) is 0. The monoisotopic (exact) mass is 498 g/mol. The summed E-state index contributed by atoms with van der Waals surface area (Å²) >= 11 is 10.1. The van der Waals surface area contributed by atoms with Crippen LogP contribution >= 0.6 is 39.3 Å². The number of rotatable bonds is 8. The van der Waals surface area contributed by atoms with Crippen molar-refractivity contribution in [2.24, 2.45) is 0 Å². The van der Waals surface area contributed by atoms with Crippen molar-refractivity contribution in [2.75, 3.05) is 11.1 Å². The Morgan fingerprint density at radius 3 is 2.72 bits per heavy atom. The summed E-state index contributed by atoms with van der Waals surface area (Å²) in [4.78, 5) is 22.3. The van der Waals surface area contributed by atoms with Crippen LogP contribution in [0.4, 0.5) is 11.4 Å². The zero-order valence-corrected chi connectivity index (χ0v) is 17.7. The number of ether oxygens (including phenoxy) is 1. The van der Waals surface area contributed by atoms with E-state index in [9.17, 15) is 14.9 Å². The van der Waals surface area contributed by atoms with Crippen molar-refractivity contribution in [2.45, 2.75) is 11.8 Å². The van der Waals surface area contributed by atoms with Crippen molar-refractivity contribution in [3.63, 3.8) is 0 Å². The van der Waals surface area contributed by atoms with E-state index in [-0.39, 0.29) is 35.1 Å². The fourth-order valence-electron chi connectivity index (χ4n) is 2.06. The molecular formula is C17H12BrClN4O5S. The number of nitrogens with one attached hydrogen (secondary N) is 1. The topological polar surface area (TPSA) is 120 Å². The molecule has 0 aliphatic carbocycles. The van der Waals surface area contributed by atoms with E-state index in [1.54, 1.807) is 24.3 Å². The predicted molar refractivity (Wildman–Crippen MR) is 110 cm³/mol. The fourth-order valence-corrected chi connectivity index (χ4v) is 3.24. The molecule has 9 nitrogen and oxygen atoms in total. The van der Waals surface area contributed by atoms with Crippen LogP contribution in [0.15, 0.2) is 56.6 Å². The van der Waals surface area contributed by atoms with Crippen LogP contribution in [0, 0.1) is 10.1 Å². The van der Waals surface area contributed by atoms with Gasteiger partial charge < -0.3 is 14.5 Å².